The molecule has 1 unspecified atom stereocenters. The molecular formula is C27H28BrClN2O4. The van der Waals surface area contributed by atoms with E-state index >= 15 is 0 Å². The molecule has 0 spiro atoms. The van der Waals surface area contributed by atoms with Gasteiger partial charge in [-0.2, -0.15) is 0 Å². The Kier molecular flexibility index (Phi) is 9.57. The van der Waals surface area contributed by atoms with Gasteiger partial charge in [0, 0.05) is 15.8 Å². The number of rotatable bonds is 10. The number of nitrogens with one attached hydrogen (secondary N) is 2. The predicted molar refractivity (Wildman–Crippen MR) is 144 cm³/mol. The molecule has 184 valence electrons. The topological polar surface area (TPSA) is 76.7 Å². The van der Waals surface area contributed by atoms with E-state index in [1.807, 2.05) is 6.07 Å². The van der Waals surface area contributed by atoms with Crippen LogP contribution in [0.3, 0.4) is 0 Å². The summed E-state index contributed by atoms with van der Waals surface area (Å²) in [5.41, 5.74) is 1.59. The van der Waals surface area contributed by atoms with Crippen LogP contribution in [-0.4, -0.2) is 24.5 Å². The van der Waals surface area contributed by atoms with Gasteiger partial charge in [0.25, 0.3) is 11.8 Å². The third-order valence-corrected chi connectivity index (χ3v) is 5.86. The molecule has 3 aromatic rings. The second kappa shape index (κ2) is 12.6. The Hall–Kier alpha value is -3.03. The molecule has 2 N–H and O–H groups in total. The second-order valence-electron chi connectivity index (χ2n) is 8.38. The van der Waals surface area contributed by atoms with E-state index in [0.717, 1.165) is 10.9 Å². The summed E-state index contributed by atoms with van der Waals surface area (Å²) in [6.07, 6.45) is 0.145. The number of amides is 2. The van der Waals surface area contributed by atoms with Crippen LogP contribution in [0.25, 0.3) is 0 Å². The zero-order valence-corrected chi connectivity index (χ0v) is 22.2. The van der Waals surface area contributed by atoms with E-state index in [4.69, 9.17) is 21.1 Å². The molecule has 0 aliphatic heterocycles. The number of benzene rings is 3. The molecule has 0 aliphatic carbocycles. The van der Waals surface area contributed by atoms with Gasteiger partial charge in [-0.1, -0.05) is 53.5 Å². The van der Waals surface area contributed by atoms with Crippen LogP contribution < -0.4 is 20.1 Å². The Balaban J connectivity index is 1.60. The number of ether oxygens (including phenoxy) is 2. The highest BCUT2D eigenvalue weighted by atomic mass is 79.9. The number of hydrogen-bond acceptors (Lipinski definition) is 4. The summed E-state index contributed by atoms with van der Waals surface area (Å²) in [6, 6.07) is 19.2. The first-order chi connectivity index (χ1) is 16.7. The Labute approximate surface area is 219 Å². The first kappa shape index (κ1) is 26.6. The highest BCUT2D eigenvalue weighted by Crippen LogP contribution is 2.26. The zero-order valence-electron chi connectivity index (χ0n) is 19.8. The zero-order chi connectivity index (χ0) is 25.4. The van der Waals surface area contributed by atoms with Crippen molar-refractivity contribution < 1.29 is 19.1 Å². The quantitative estimate of drug-likeness (QED) is 0.276. The van der Waals surface area contributed by atoms with Gasteiger partial charge < -0.3 is 20.1 Å². The lowest BCUT2D eigenvalue weighted by Crippen LogP contribution is -2.30. The Morgan fingerprint density at radius 1 is 0.914 bits per heavy atom. The minimum Gasteiger partial charge on any atom is -0.493 e. The molecule has 3 aromatic carbocycles. The van der Waals surface area contributed by atoms with Gasteiger partial charge in [0.2, 0.25) is 0 Å². The maximum atomic E-state index is 12.9. The smallest absolute Gasteiger partial charge is 0.265 e. The van der Waals surface area contributed by atoms with Gasteiger partial charge in [-0.25, -0.2) is 0 Å². The fourth-order valence-electron chi connectivity index (χ4n) is 3.07. The van der Waals surface area contributed by atoms with Crippen molar-refractivity contribution in [3.63, 3.8) is 0 Å². The van der Waals surface area contributed by atoms with Crippen molar-refractivity contribution in [2.45, 2.75) is 33.3 Å². The molecule has 0 saturated carbocycles. The minimum absolute atomic E-state index is 0.288. The normalized spacial score (nSPS) is 11.6. The summed E-state index contributed by atoms with van der Waals surface area (Å²) in [5.74, 6) is 0.869. The SMILES string of the molecule is CC(C)CCOc1ccc(Br)cc1C(=O)Nc1ccc(NC(=O)C(C)Oc2ccccc2Cl)cc1. The van der Waals surface area contributed by atoms with Crippen molar-refractivity contribution in [3.8, 4) is 11.5 Å². The van der Waals surface area contributed by atoms with Gasteiger partial charge in [-0.15, -0.1) is 0 Å². The van der Waals surface area contributed by atoms with Crippen molar-refractivity contribution in [2.24, 2.45) is 5.92 Å². The van der Waals surface area contributed by atoms with Gasteiger partial charge in [0.15, 0.2) is 6.10 Å². The Morgan fingerprint density at radius 3 is 2.23 bits per heavy atom. The van der Waals surface area contributed by atoms with Crippen LogP contribution in [0.2, 0.25) is 5.02 Å². The molecule has 1 atom stereocenters. The lowest BCUT2D eigenvalue weighted by atomic mass is 10.1. The molecule has 0 aromatic heterocycles. The molecule has 6 nitrogen and oxygen atoms in total. The van der Waals surface area contributed by atoms with Crippen molar-refractivity contribution >= 4 is 50.7 Å². The molecule has 3 rings (SSSR count). The summed E-state index contributed by atoms with van der Waals surface area (Å²) in [6.45, 7) is 6.42. The number of para-hydroxylation sites is 1. The van der Waals surface area contributed by atoms with E-state index in [9.17, 15) is 9.59 Å². The van der Waals surface area contributed by atoms with Gasteiger partial charge in [-0.05, 0) is 73.9 Å². The molecule has 8 heteroatoms. The number of carbonyl (C=O) groups is 2. The molecule has 0 fully saturated rings. The Bertz CT molecular complexity index is 1170. The van der Waals surface area contributed by atoms with E-state index in [2.05, 4.69) is 40.4 Å². The number of carbonyl (C=O) groups excluding carboxylic acids is 2. The highest BCUT2D eigenvalue weighted by molar-refractivity contribution is 9.10. The number of halogens is 2. The summed E-state index contributed by atoms with van der Waals surface area (Å²) < 4.78 is 12.3. The summed E-state index contributed by atoms with van der Waals surface area (Å²) in [7, 11) is 0. The number of hydrogen-bond donors (Lipinski definition) is 2. The van der Waals surface area contributed by atoms with E-state index in [1.54, 1.807) is 67.6 Å². The highest BCUT2D eigenvalue weighted by Gasteiger charge is 2.17. The van der Waals surface area contributed by atoms with Gasteiger partial charge in [-0.3, -0.25) is 9.59 Å². The van der Waals surface area contributed by atoms with Crippen molar-refractivity contribution in [1.82, 2.24) is 0 Å². The van der Waals surface area contributed by atoms with Crippen molar-refractivity contribution in [3.05, 3.63) is 81.8 Å². The van der Waals surface area contributed by atoms with Crippen LogP contribution in [-0.2, 0) is 4.79 Å². The standard InChI is InChI=1S/C27H28BrClN2O4/c1-17(2)14-15-34-24-13-8-19(28)16-22(24)27(33)31-21-11-9-20(10-12-21)30-26(32)18(3)35-25-7-5-4-6-23(25)29/h4-13,16-18H,14-15H2,1-3H3,(H,30,32)(H,31,33). The van der Waals surface area contributed by atoms with Crippen LogP contribution in [0.15, 0.2) is 71.2 Å². The summed E-state index contributed by atoms with van der Waals surface area (Å²) >= 11 is 9.51. The molecule has 35 heavy (non-hydrogen) atoms. The van der Waals surface area contributed by atoms with E-state index in [-0.39, 0.29) is 11.8 Å². The molecule has 2 amide bonds. The molecule has 0 heterocycles. The maximum absolute atomic E-state index is 12.9. The van der Waals surface area contributed by atoms with Crippen LogP contribution >= 0.6 is 27.5 Å². The lowest BCUT2D eigenvalue weighted by molar-refractivity contribution is -0.122. The molecule has 0 radical (unpaired) electrons. The van der Waals surface area contributed by atoms with Crippen molar-refractivity contribution in [2.75, 3.05) is 17.2 Å². The van der Waals surface area contributed by atoms with Gasteiger partial charge in [0.1, 0.15) is 11.5 Å². The number of anilines is 2. The van der Waals surface area contributed by atoms with E-state index in [0.29, 0.717) is 46.0 Å². The fourth-order valence-corrected chi connectivity index (χ4v) is 3.61. The fraction of sp³-hybridized carbons (Fsp3) is 0.259. The first-order valence-electron chi connectivity index (χ1n) is 11.3. The maximum Gasteiger partial charge on any atom is 0.265 e. The molecule has 0 bridgehead atoms. The van der Waals surface area contributed by atoms with Gasteiger partial charge >= 0.3 is 0 Å². The van der Waals surface area contributed by atoms with E-state index in [1.165, 1.54) is 0 Å². The van der Waals surface area contributed by atoms with E-state index < -0.39 is 6.10 Å². The van der Waals surface area contributed by atoms with Crippen LogP contribution in [0.5, 0.6) is 11.5 Å². The largest absolute Gasteiger partial charge is 0.493 e. The average molecular weight is 560 g/mol. The lowest BCUT2D eigenvalue weighted by Gasteiger charge is -2.16. The summed E-state index contributed by atoms with van der Waals surface area (Å²) in [5, 5.41) is 6.11. The van der Waals surface area contributed by atoms with Crippen LogP contribution in [0.1, 0.15) is 37.6 Å². The molecular weight excluding hydrogens is 532 g/mol. The second-order valence-corrected chi connectivity index (χ2v) is 9.71. The van der Waals surface area contributed by atoms with Gasteiger partial charge in [0.05, 0.1) is 17.2 Å². The average Bonchev–Trinajstić information content (AvgIpc) is 2.82. The summed E-state index contributed by atoms with van der Waals surface area (Å²) in [4.78, 5) is 25.4. The monoisotopic (exact) mass is 558 g/mol. The van der Waals surface area contributed by atoms with Crippen LogP contribution in [0, 0.1) is 5.92 Å². The van der Waals surface area contributed by atoms with Crippen LogP contribution in [0.4, 0.5) is 11.4 Å². The first-order valence-corrected chi connectivity index (χ1v) is 12.5. The predicted octanol–water partition coefficient (Wildman–Crippen LogP) is 7.19. The molecule has 0 saturated heterocycles. The minimum atomic E-state index is -0.750. The third-order valence-electron chi connectivity index (χ3n) is 5.06. The Morgan fingerprint density at radius 2 is 1.57 bits per heavy atom. The third kappa shape index (κ3) is 8.01. The molecule has 0 aliphatic rings. The van der Waals surface area contributed by atoms with Crippen molar-refractivity contribution in [1.29, 1.82) is 0 Å².